The zero-order chi connectivity index (χ0) is 29.5. The number of amides is 4. The Labute approximate surface area is 242 Å². The number of halogens is 1. The van der Waals surface area contributed by atoms with Crippen LogP contribution in [0.25, 0.3) is 0 Å². The van der Waals surface area contributed by atoms with Crippen molar-refractivity contribution in [2.75, 3.05) is 25.5 Å². The Balaban J connectivity index is 1.69. The molecule has 0 aromatic heterocycles. The largest absolute Gasteiger partial charge is 0.497 e. The minimum Gasteiger partial charge on any atom is -0.497 e. The van der Waals surface area contributed by atoms with Gasteiger partial charge in [-0.15, -0.1) is 0 Å². The molecule has 41 heavy (non-hydrogen) atoms. The number of benzene rings is 3. The van der Waals surface area contributed by atoms with Crippen molar-refractivity contribution in [3.63, 3.8) is 0 Å². The van der Waals surface area contributed by atoms with E-state index in [9.17, 15) is 24.3 Å². The second kappa shape index (κ2) is 13.2. The first-order chi connectivity index (χ1) is 19.7. The molecule has 1 fully saturated rings. The van der Waals surface area contributed by atoms with Gasteiger partial charge in [0.25, 0.3) is 11.8 Å². The number of anilines is 1. The lowest BCUT2D eigenvalue weighted by molar-refractivity contribution is -0.138. The van der Waals surface area contributed by atoms with Gasteiger partial charge < -0.3 is 25.4 Å². The van der Waals surface area contributed by atoms with E-state index >= 15 is 0 Å². The molecule has 1 heterocycles. The standard InChI is InChI=1S/C30H31ClN4O6/c1-19-7-3-8-20(15-19)25(18-26(36)37)33-27(38)28-34(29(39)21-9-4-12-24(16-21)41-2)13-6-14-35(28)30(40)32-23-11-5-10-22(31)17-23/h3-5,7-12,15-17,25,28H,6,13-14,18H2,1-2H3,(H,32,40)(H,33,38)(H,36,37). The molecule has 4 rings (SSSR count). The minimum atomic E-state index is -1.36. The molecule has 10 nitrogen and oxygen atoms in total. The number of carboxylic acids is 1. The van der Waals surface area contributed by atoms with Crippen LogP contribution in [0, 0.1) is 6.92 Å². The number of aliphatic carboxylic acids is 1. The summed E-state index contributed by atoms with van der Waals surface area (Å²) in [4.78, 5) is 55.6. The highest BCUT2D eigenvalue weighted by atomic mass is 35.5. The number of hydrogen-bond acceptors (Lipinski definition) is 5. The van der Waals surface area contributed by atoms with Gasteiger partial charge in [-0.05, 0) is 55.3 Å². The number of carbonyl (C=O) groups excluding carboxylic acids is 3. The highest BCUT2D eigenvalue weighted by Gasteiger charge is 2.41. The molecule has 0 radical (unpaired) electrons. The topological polar surface area (TPSA) is 128 Å². The number of carboxylic acid groups (broad SMARTS) is 1. The van der Waals surface area contributed by atoms with E-state index in [0.717, 1.165) is 5.56 Å². The lowest BCUT2D eigenvalue weighted by Gasteiger charge is -2.43. The highest BCUT2D eigenvalue weighted by molar-refractivity contribution is 6.30. The van der Waals surface area contributed by atoms with Crippen LogP contribution in [0.3, 0.4) is 0 Å². The van der Waals surface area contributed by atoms with Crippen molar-refractivity contribution < 1.29 is 29.0 Å². The maximum atomic E-state index is 14.0. The van der Waals surface area contributed by atoms with E-state index in [0.29, 0.717) is 28.4 Å². The molecule has 11 heteroatoms. The molecule has 4 amide bonds. The first-order valence-electron chi connectivity index (χ1n) is 13.0. The van der Waals surface area contributed by atoms with Crippen molar-refractivity contribution in [3.8, 4) is 5.75 Å². The van der Waals surface area contributed by atoms with Crippen LogP contribution in [0.5, 0.6) is 5.75 Å². The number of rotatable bonds is 8. The van der Waals surface area contributed by atoms with Gasteiger partial charge in [-0.1, -0.05) is 53.6 Å². The summed E-state index contributed by atoms with van der Waals surface area (Å²) in [6.07, 6.45) is -1.33. The lowest BCUT2D eigenvalue weighted by atomic mass is 10.0. The number of aryl methyl sites for hydroxylation is 1. The third-order valence-electron chi connectivity index (χ3n) is 6.68. The van der Waals surface area contributed by atoms with Gasteiger partial charge in [-0.3, -0.25) is 19.3 Å². The van der Waals surface area contributed by atoms with Crippen molar-refractivity contribution in [1.29, 1.82) is 0 Å². The Kier molecular flexibility index (Phi) is 9.46. The molecule has 2 unspecified atom stereocenters. The van der Waals surface area contributed by atoms with Gasteiger partial charge in [0.2, 0.25) is 0 Å². The maximum Gasteiger partial charge on any atom is 0.323 e. The number of nitrogens with one attached hydrogen (secondary N) is 2. The third kappa shape index (κ3) is 7.34. The molecule has 214 valence electrons. The number of hydrogen-bond donors (Lipinski definition) is 3. The van der Waals surface area contributed by atoms with Crippen LogP contribution >= 0.6 is 11.6 Å². The molecule has 0 spiro atoms. The third-order valence-corrected chi connectivity index (χ3v) is 6.91. The van der Waals surface area contributed by atoms with Crippen molar-refractivity contribution >= 4 is 41.1 Å². The zero-order valence-corrected chi connectivity index (χ0v) is 23.4. The summed E-state index contributed by atoms with van der Waals surface area (Å²) in [7, 11) is 1.48. The number of urea groups is 1. The molecule has 1 aliphatic rings. The second-order valence-electron chi connectivity index (χ2n) is 9.66. The Morgan fingerprint density at radius 2 is 1.73 bits per heavy atom. The maximum absolute atomic E-state index is 14.0. The van der Waals surface area contributed by atoms with Crippen LogP contribution < -0.4 is 15.4 Å². The van der Waals surface area contributed by atoms with Crippen LogP contribution in [0.4, 0.5) is 10.5 Å². The smallest absolute Gasteiger partial charge is 0.323 e. The average Bonchev–Trinajstić information content (AvgIpc) is 2.95. The number of carbonyl (C=O) groups is 4. The van der Waals surface area contributed by atoms with Gasteiger partial charge in [0.05, 0.1) is 19.6 Å². The normalized spacial score (nSPS) is 15.5. The van der Waals surface area contributed by atoms with Crippen LogP contribution in [-0.4, -0.2) is 65.1 Å². The number of methoxy groups -OCH3 is 1. The monoisotopic (exact) mass is 578 g/mol. The summed E-state index contributed by atoms with van der Waals surface area (Å²) in [6, 6.07) is 18.7. The molecular weight excluding hydrogens is 548 g/mol. The molecule has 0 bridgehead atoms. The van der Waals surface area contributed by atoms with Gasteiger partial charge >= 0.3 is 12.0 Å². The summed E-state index contributed by atoms with van der Waals surface area (Å²) in [6.45, 7) is 2.24. The van der Waals surface area contributed by atoms with E-state index in [4.69, 9.17) is 16.3 Å². The van der Waals surface area contributed by atoms with Crippen molar-refractivity contribution in [1.82, 2.24) is 15.1 Å². The summed E-state index contributed by atoms with van der Waals surface area (Å²) in [5.74, 6) is -1.81. The SMILES string of the molecule is COc1cccc(C(=O)N2CCCN(C(=O)Nc3cccc(Cl)c3)C2C(=O)NC(CC(=O)O)c2cccc(C)c2)c1. The van der Waals surface area contributed by atoms with Crippen LogP contribution in [0.1, 0.15) is 40.4 Å². The second-order valence-corrected chi connectivity index (χ2v) is 10.1. The molecular formula is C30H31ClN4O6. The van der Waals surface area contributed by atoms with Crippen LogP contribution in [0.15, 0.2) is 72.8 Å². The molecule has 1 saturated heterocycles. The fourth-order valence-corrected chi connectivity index (χ4v) is 4.97. The van der Waals surface area contributed by atoms with Crippen molar-refractivity contribution in [2.45, 2.75) is 32.0 Å². The zero-order valence-electron chi connectivity index (χ0n) is 22.7. The summed E-state index contributed by atoms with van der Waals surface area (Å²) in [5.41, 5.74) is 2.18. The highest BCUT2D eigenvalue weighted by Crippen LogP contribution is 2.25. The first-order valence-corrected chi connectivity index (χ1v) is 13.4. The summed E-state index contributed by atoms with van der Waals surface area (Å²) >= 11 is 6.08. The van der Waals surface area contributed by atoms with Crippen molar-refractivity contribution in [2.24, 2.45) is 0 Å². The summed E-state index contributed by atoms with van der Waals surface area (Å²) in [5, 5.41) is 15.6. The van der Waals surface area contributed by atoms with Gasteiger partial charge in [-0.25, -0.2) is 4.79 Å². The van der Waals surface area contributed by atoms with Crippen LogP contribution in [-0.2, 0) is 9.59 Å². The van der Waals surface area contributed by atoms with E-state index in [2.05, 4.69) is 10.6 Å². The van der Waals surface area contributed by atoms with E-state index in [1.807, 2.05) is 13.0 Å². The summed E-state index contributed by atoms with van der Waals surface area (Å²) < 4.78 is 5.26. The van der Waals surface area contributed by atoms with Gasteiger partial charge in [0.15, 0.2) is 6.17 Å². The average molecular weight is 579 g/mol. The minimum absolute atomic E-state index is 0.181. The fraction of sp³-hybridized carbons (Fsp3) is 0.267. The predicted molar refractivity (Wildman–Crippen MR) is 154 cm³/mol. The molecule has 3 aromatic carbocycles. The van der Waals surface area contributed by atoms with Gasteiger partial charge in [0.1, 0.15) is 5.75 Å². The first kappa shape index (κ1) is 29.4. The Morgan fingerprint density at radius 3 is 2.44 bits per heavy atom. The van der Waals surface area contributed by atoms with Crippen LogP contribution in [0.2, 0.25) is 5.02 Å². The quantitative estimate of drug-likeness (QED) is 0.356. The van der Waals surface area contributed by atoms with E-state index < -0.39 is 36.0 Å². The Hall–Kier alpha value is -4.57. The molecule has 3 aromatic rings. The van der Waals surface area contributed by atoms with Crippen molar-refractivity contribution in [3.05, 3.63) is 94.5 Å². The molecule has 0 aliphatic carbocycles. The molecule has 1 aliphatic heterocycles. The van der Waals surface area contributed by atoms with Gasteiger partial charge in [-0.2, -0.15) is 0 Å². The molecule has 0 saturated carbocycles. The Morgan fingerprint density at radius 1 is 1.00 bits per heavy atom. The van der Waals surface area contributed by atoms with E-state index in [1.165, 1.54) is 16.9 Å². The molecule has 2 atom stereocenters. The van der Waals surface area contributed by atoms with E-state index in [-0.39, 0.29) is 25.1 Å². The van der Waals surface area contributed by atoms with Gasteiger partial charge in [0, 0.05) is 29.4 Å². The number of ether oxygens (including phenoxy) is 1. The number of nitrogens with zero attached hydrogens (tertiary/aromatic N) is 2. The fourth-order valence-electron chi connectivity index (χ4n) is 4.78. The molecule has 3 N–H and O–H groups in total. The predicted octanol–water partition coefficient (Wildman–Crippen LogP) is 4.70. The van der Waals surface area contributed by atoms with E-state index in [1.54, 1.807) is 66.7 Å². The Bertz CT molecular complexity index is 1450. The lowest BCUT2D eigenvalue weighted by Crippen LogP contribution is -2.64.